The molecular formula is C8H15NO4S. The number of sulfone groups is 1. The molecule has 0 aromatic rings. The first kappa shape index (κ1) is 10.4. The molecule has 1 N–H and O–H groups in total. The van der Waals surface area contributed by atoms with Gasteiger partial charge in [-0.05, 0) is 0 Å². The van der Waals surface area contributed by atoms with E-state index in [0.717, 1.165) is 13.1 Å². The summed E-state index contributed by atoms with van der Waals surface area (Å²) < 4.78 is 27.5. The molecule has 5 nitrogen and oxygen atoms in total. The van der Waals surface area contributed by atoms with Crippen LogP contribution < -0.4 is 0 Å². The maximum absolute atomic E-state index is 11.2. The Labute approximate surface area is 83.6 Å². The molecule has 0 amide bonds. The highest BCUT2D eigenvalue weighted by Crippen LogP contribution is 2.23. The zero-order valence-corrected chi connectivity index (χ0v) is 8.90. The Kier molecular flexibility index (Phi) is 2.55. The Hall–Kier alpha value is -0.170. The molecule has 2 heterocycles. The predicted molar refractivity (Wildman–Crippen MR) is 50.8 cm³/mol. The molecular weight excluding hydrogens is 206 g/mol. The highest BCUT2D eigenvalue weighted by molar-refractivity contribution is 7.91. The summed E-state index contributed by atoms with van der Waals surface area (Å²) in [6.07, 6.45) is -0.525. The lowest BCUT2D eigenvalue weighted by molar-refractivity contribution is -0.0656. The van der Waals surface area contributed by atoms with Crippen LogP contribution >= 0.6 is 0 Å². The van der Waals surface area contributed by atoms with Gasteiger partial charge in [0.1, 0.15) is 0 Å². The van der Waals surface area contributed by atoms with E-state index in [1.54, 1.807) is 7.11 Å². The van der Waals surface area contributed by atoms with Crippen LogP contribution in [0.1, 0.15) is 0 Å². The molecule has 2 unspecified atom stereocenters. The van der Waals surface area contributed by atoms with Gasteiger partial charge in [0.05, 0.1) is 29.8 Å². The van der Waals surface area contributed by atoms with E-state index in [0.29, 0.717) is 0 Å². The first-order chi connectivity index (χ1) is 6.52. The lowest BCUT2D eigenvalue weighted by Gasteiger charge is -2.42. The highest BCUT2D eigenvalue weighted by Gasteiger charge is 2.44. The van der Waals surface area contributed by atoms with Crippen LogP contribution in [0.4, 0.5) is 0 Å². The maximum Gasteiger partial charge on any atom is 0.154 e. The average molecular weight is 221 g/mol. The Bertz CT molecular complexity index is 309. The summed E-state index contributed by atoms with van der Waals surface area (Å²) in [5.74, 6) is -0.00356. The van der Waals surface area contributed by atoms with Gasteiger partial charge in [0.2, 0.25) is 0 Å². The van der Waals surface area contributed by atoms with E-state index in [4.69, 9.17) is 4.74 Å². The number of aliphatic hydroxyl groups excluding tert-OH is 1. The van der Waals surface area contributed by atoms with Crippen molar-refractivity contribution >= 4 is 9.84 Å². The number of ether oxygens (including phenoxy) is 1. The third-order valence-electron chi connectivity index (χ3n) is 2.97. The van der Waals surface area contributed by atoms with Gasteiger partial charge in [-0.2, -0.15) is 0 Å². The molecule has 0 radical (unpaired) electrons. The molecule has 0 spiro atoms. The third-order valence-corrected chi connectivity index (χ3v) is 4.67. The van der Waals surface area contributed by atoms with E-state index in [-0.39, 0.29) is 23.7 Å². The molecule has 0 bridgehead atoms. The van der Waals surface area contributed by atoms with Crippen molar-refractivity contribution in [2.75, 3.05) is 31.7 Å². The van der Waals surface area contributed by atoms with E-state index in [9.17, 15) is 13.5 Å². The van der Waals surface area contributed by atoms with Crippen molar-refractivity contribution in [2.24, 2.45) is 0 Å². The molecule has 2 saturated heterocycles. The lowest BCUT2D eigenvalue weighted by Crippen LogP contribution is -2.59. The summed E-state index contributed by atoms with van der Waals surface area (Å²) in [5, 5.41) is 9.56. The fourth-order valence-corrected chi connectivity index (χ4v) is 3.88. The molecule has 82 valence electrons. The van der Waals surface area contributed by atoms with Crippen molar-refractivity contribution in [3.63, 3.8) is 0 Å². The summed E-state index contributed by atoms with van der Waals surface area (Å²) in [6, 6.07) is -0.216. The normalized spacial score (nSPS) is 38.4. The molecule has 2 rings (SSSR count). The minimum atomic E-state index is -3.02. The van der Waals surface area contributed by atoms with E-state index in [1.807, 2.05) is 4.90 Å². The Morgan fingerprint density at radius 3 is 2.43 bits per heavy atom. The second kappa shape index (κ2) is 3.44. The zero-order chi connectivity index (χ0) is 10.3. The summed E-state index contributed by atoms with van der Waals surface area (Å²) >= 11 is 0. The average Bonchev–Trinajstić information content (AvgIpc) is 2.23. The molecule has 0 aromatic carbocycles. The molecule has 2 aliphatic rings. The monoisotopic (exact) mass is 221 g/mol. The van der Waals surface area contributed by atoms with Crippen LogP contribution in [0.2, 0.25) is 0 Å². The fourth-order valence-electron chi connectivity index (χ4n) is 2.05. The number of nitrogens with zero attached hydrogens (tertiary/aromatic N) is 1. The van der Waals surface area contributed by atoms with E-state index in [2.05, 4.69) is 0 Å². The summed E-state index contributed by atoms with van der Waals surface area (Å²) in [7, 11) is -1.38. The summed E-state index contributed by atoms with van der Waals surface area (Å²) in [6.45, 7) is 1.46. The molecule has 0 aliphatic carbocycles. The lowest BCUT2D eigenvalue weighted by atomic mass is 10.1. The van der Waals surface area contributed by atoms with Gasteiger partial charge in [-0.15, -0.1) is 0 Å². The van der Waals surface area contributed by atoms with Gasteiger partial charge in [-0.3, -0.25) is 4.90 Å². The van der Waals surface area contributed by atoms with Crippen LogP contribution in [0.15, 0.2) is 0 Å². The van der Waals surface area contributed by atoms with Gasteiger partial charge in [-0.1, -0.05) is 0 Å². The van der Waals surface area contributed by atoms with Crippen molar-refractivity contribution in [1.29, 1.82) is 0 Å². The maximum atomic E-state index is 11.2. The predicted octanol–water partition coefficient (Wildman–Crippen LogP) is -1.53. The molecule has 2 aliphatic heterocycles. The van der Waals surface area contributed by atoms with Gasteiger partial charge in [0.15, 0.2) is 9.84 Å². The number of methoxy groups -OCH3 is 1. The second-order valence-electron chi connectivity index (χ2n) is 4.02. The number of rotatable bonds is 2. The second-order valence-corrected chi connectivity index (χ2v) is 6.18. The smallest absolute Gasteiger partial charge is 0.154 e. The number of aliphatic hydroxyl groups is 1. The molecule has 0 aromatic heterocycles. The van der Waals surface area contributed by atoms with E-state index >= 15 is 0 Å². The summed E-state index contributed by atoms with van der Waals surface area (Å²) in [5.41, 5.74) is 0. The van der Waals surface area contributed by atoms with Crippen LogP contribution in [-0.2, 0) is 14.6 Å². The quantitative estimate of drug-likeness (QED) is 0.613. The standard InChI is InChI=1S/C8H15NO4S/c1-13-6-2-9(3-6)7-4-14(11,12)5-8(7)10/h6-8,10H,2-5H2,1H3. The van der Waals surface area contributed by atoms with E-state index < -0.39 is 15.9 Å². The number of hydrogen-bond acceptors (Lipinski definition) is 5. The Morgan fingerprint density at radius 2 is 2.00 bits per heavy atom. The molecule has 2 atom stereocenters. The van der Waals surface area contributed by atoms with Crippen LogP contribution in [0.5, 0.6) is 0 Å². The first-order valence-electron chi connectivity index (χ1n) is 4.67. The Balaban J connectivity index is 1.95. The van der Waals surface area contributed by atoms with Crippen molar-refractivity contribution in [1.82, 2.24) is 4.90 Å². The van der Waals surface area contributed by atoms with Crippen molar-refractivity contribution < 1.29 is 18.3 Å². The van der Waals surface area contributed by atoms with Crippen molar-refractivity contribution in [2.45, 2.75) is 18.2 Å². The van der Waals surface area contributed by atoms with Gasteiger partial charge in [-0.25, -0.2) is 8.42 Å². The molecule has 6 heteroatoms. The highest BCUT2D eigenvalue weighted by atomic mass is 32.2. The van der Waals surface area contributed by atoms with E-state index in [1.165, 1.54) is 0 Å². The first-order valence-corrected chi connectivity index (χ1v) is 6.49. The van der Waals surface area contributed by atoms with Gasteiger partial charge >= 0.3 is 0 Å². The molecule has 14 heavy (non-hydrogen) atoms. The van der Waals surface area contributed by atoms with Crippen LogP contribution in [0.3, 0.4) is 0 Å². The number of likely N-dealkylation sites (tertiary alicyclic amines) is 1. The minimum absolute atomic E-state index is 0.0879. The SMILES string of the molecule is COC1CN(C2CS(=O)(=O)CC2O)C1. The third kappa shape index (κ3) is 1.79. The van der Waals surface area contributed by atoms with Gasteiger partial charge in [0.25, 0.3) is 0 Å². The van der Waals surface area contributed by atoms with Crippen LogP contribution in [0.25, 0.3) is 0 Å². The minimum Gasteiger partial charge on any atom is -0.390 e. The van der Waals surface area contributed by atoms with Crippen LogP contribution in [0, 0.1) is 0 Å². The summed E-state index contributed by atoms with van der Waals surface area (Å²) in [4.78, 5) is 1.98. The number of hydrogen-bond donors (Lipinski definition) is 1. The molecule has 0 saturated carbocycles. The van der Waals surface area contributed by atoms with Gasteiger partial charge in [0, 0.05) is 20.2 Å². The molecule has 2 fully saturated rings. The topological polar surface area (TPSA) is 66.8 Å². The Morgan fingerprint density at radius 1 is 1.36 bits per heavy atom. The van der Waals surface area contributed by atoms with Gasteiger partial charge < -0.3 is 9.84 Å². The van der Waals surface area contributed by atoms with Crippen molar-refractivity contribution in [3.05, 3.63) is 0 Å². The largest absolute Gasteiger partial charge is 0.390 e. The zero-order valence-electron chi connectivity index (χ0n) is 8.09. The van der Waals surface area contributed by atoms with Crippen LogP contribution in [-0.4, -0.2) is 68.4 Å². The fraction of sp³-hybridized carbons (Fsp3) is 1.00. The van der Waals surface area contributed by atoms with Crippen molar-refractivity contribution in [3.8, 4) is 0 Å².